The summed E-state index contributed by atoms with van der Waals surface area (Å²) in [7, 11) is 0. The fourth-order valence-electron chi connectivity index (χ4n) is 2.56. The van der Waals surface area contributed by atoms with Crippen molar-refractivity contribution in [3.05, 3.63) is 34.2 Å². The Balaban J connectivity index is 1.62. The standard InChI is InChI=1S/C17H13F3N4O3S/c18-17(19,20)16(26)27-7-12-3-9(8-28-12)13-4-14(22-11-1-2-11)24-15(23-13)10(6-25)5-21-24/h3-6,8,11,22H,1-2,7H2. The molecule has 0 radical (unpaired) electrons. The van der Waals surface area contributed by atoms with Crippen LogP contribution in [0, 0.1) is 0 Å². The van der Waals surface area contributed by atoms with E-state index in [0.717, 1.165) is 24.2 Å². The van der Waals surface area contributed by atoms with E-state index in [1.807, 2.05) is 0 Å². The molecule has 0 amide bonds. The molecule has 3 aromatic rings. The molecule has 0 aliphatic heterocycles. The van der Waals surface area contributed by atoms with Gasteiger partial charge in [-0.3, -0.25) is 4.79 Å². The second-order valence-electron chi connectivity index (χ2n) is 6.27. The van der Waals surface area contributed by atoms with Gasteiger partial charge >= 0.3 is 12.1 Å². The Labute approximate surface area is 160 Å². The van der Waals surface area contributed by atoms with Crippen LogP contribution in [0.5, 0.6) is 0 Å². The second kappa shape index (κ2) is 6.89. The first-order valence-corrected chi connectivity index (χ1v) is 9.15. The number of aldehydes is 1. The molecular weight excluding hydrogens is 397 g/mol. The first-order chi connectivity index (χ1) is 13.3. The molecule has 0 atom stereocenters. The number of rotatable bonds is 6. The summed E-state index contributed by atoms with van der Waals surface area (Å²) in [6, 6.07) is 3.70. The van der Waals surface area contributed by atoms with E-state index in [9.17, 15) is 22.8 Å². The summed E-state index contributed by atoms with van der Waals surface area (Å²) < 4.78 is 42.5. The summed E-state index contributed by atoms with van der Waals surface area (Å²) >= 11 is 1.15. The third-order valence-electron chi connectivity index (χ3n) is 4.08. The van der Waals surface area contributed by atoms with Gasteiger partial charge < -0.3 is 10.1 Å². The Bertz CT molecular complexity index is 1060. The average molecular weight is 410 g/mol. The van der Waals surface area contributed by atoms with Gasteiger partial charge in [-0.1, -0.05) is 0 Å². The molecule has 0 unspecified atom stereocenters. The average Bonchev–Trinajstić information content (AvgIpc) is 3.18. The van der Waals surface area contributed by atoms with Crippen LogP contribution in [0.1, 0.15) is 28.1 Å². The topological polar surface area (TPSA) is 85.6 Å². The lowest BCUT2D eigenvalue weighted by molar-refractivity contribution is -0.200. The summed E-state index contributed by atoms with van der Waals surface area (Å²) in [5.41, 5.74) is 1.88. The Morgan fingerprint density at radius 1 is 1.39 bits per heavy atom. The molecule has 0 spiro atoms. The highest BCUT2D eigenvalue weighted by atomic mass is 32.1. The molecule has 4 rings (SSSR count). The number of carbonyl (C=O) groups excluding carboxylic acids is 2. The quantitative estimate of drug-likeness (QED) is 0.495. The van der Waals surface area contributed by atoms with Crippen LogP contribution in [0.15, 0.2) is 23.7 Å². The van der Waals surface area contributed by atoms with E-state index < -0.39 is 18.8 Å². The van der Waals surface area contributed by atoms with Gasteiger partial charge in [-0.15, -0.1) is 11.3 Å². The molecule has 7 nitrogen and oxygen atoms in total. The van der Waals surface area contributed by atoms with Crippen LogP contribution in [-0.2, 0) is 16.1 Å². The number of fused-ring (bicyclic) bond motifs is 1. The molecule has 0 bridgehead atoms. The highest BCUT2D eigenvalue weighted by Crippen LogP contribution is 2.31. The number of hydrogen-bond acceptors (Lipinski definition) is 7. The molecule has 1 saturated carbocycles. The van der Waals surface area contributed by atoms with Crippen molar-refractivity contribution in [1.29, 1.82) is 0 Å². The monoisotopic (exact) mass is 410 g/mol. The fraction of sp³-hybridized carbons (Fsp3) is 0.294. The maximum Gasteiger partial charge on any atom is 0.490 e. The number of ether oxygens (including phenoxy) is 1. The van der Waals surface area contributed by atoms with Gasteiger partial charge in [0.15, 0.2) is 11.9 Å². The van der Waals surface area contributed by atoms with Crippen molar-refractivity contribution in [1.82, 2.24) is 14.6 Å². The zero-order valence-corrected chi connectivity index (χ0v) is 15.0. The van der Waals surface area contributed by atoms with Crippen LogP contribution in [-0.4, -0.2) is 39.1 Å². The van der Waals surface area contributed by atoms with Gasteiger partial charge in [0, 0.05) is 27.9 Å². The summed E-state index contributed by atoms with van der Waals surface area (Å²) in [5.74, 6) is -1.56. The number of nitrogens with zero attached hydrogens (tertiary/aromatic N) is 3. The molecule has 11 heteroatoms. The van der Waals surface area contributed by atoms with Crippen molar-refractivity contribution in [3.63, 3.8) is 0 Å². The van der Waals surface area contributed by atoms with Crippen LogP contribution in [0.3, 0.4) is 0 Å². The SMILES string of the molecule is O=Cc1cnn2c(NC3CC3)cc(-c3csc(COC(=O)C(F)(F)F)c3)nc12. The maximum atomic E-state index is 12.2. The fourth-order valence-corrected chi connectivity index (χ4v) is 3.35. The van der Waals surface area contributed by atoms with Gasteiger partial charge in [0.25, 0.3) is 0 Å². The van der Waals surface area contributed by atoms with Crippen LogP contribution in [0.2, 0.25) is 0 Å². The Morgan fingerprint density at radius 3 is 2.86 bits per heavy atom. The maximum absolute atomic E-state index is 12.2. The number of thiophene rings is 1. The third-order valence-corrected chi connectivity index (χ3v) is 4.99. The third kappa shape index (κ3) is 3.70. The molecule has 3 aromatic heterocycles. The Hall–Kier alpha value is -2.95. The lowest BCUT2D eigenvalue weighted by Crippen LogP contribution is -2.24. The molecule has 1 N–H and O–H groups in total. The van der Waals surface area contributed by atoms with Gasteiger partial charge in [-0.2, -0.15) is 22.8 Å². The highest BCUT2D eigenvalue weighted by molar-refractivity contribution is 7.10. The number of aromatic nitrogens is 3. The van der Waals surface area contributed by atoms with Crippen molar-refractivity contribution in [3.8, 4) is 11.3 Å². The Kier molecular flexibility index (Phi) is 4.53. The number of hydrogen-bond donors (Lipinski definition) is 1. The first kappa shape index (κ1) is 18.4. The van der Waals surface area contributed by atoms with E-state index in [0.29, 0.717) is 45.5 Å². The molecule has 0 saturated heterocycles. The summed E-state index contributed by atoms with van der Waals surface area (Å²) in [6.45, 7) is -0.481. The van der Waals surface area contributed by atoms with E-state index in [1.54, 1.807) is 22.0 Å². The van der Waals surface area contributed by atoms with Gasteiger partial charge in [0.05, 0.1) is 17.5 Å². The summed E-state index contributed by atoms with van der Waals surface area (Å²) in [6.07, 6.45) is -0.867. The minimum atomic E-state index is -5.02. The minimum Gasteiger partial charge on any atom is -0.453 e. The van der Waals surface area contributed by atoms with E-state index in [-0.39, 0.29) is 0 Å². The summed E-state index contributed by atoms with van der Waals surface area (Å²) in [5, 5.41) is 9.21. The lowest BCUT2D eigenvalue weighted by atomic mass is 10.2. The molecule has 28 heavy (non-hydrogen) atoms. The number of esters is 1. The number of nitrogens with one attached hydrogen (secondary N) is 1. The largest absolute Gasteiger partial charge is 0.490 e. The van der Waals surface area contributed by atoms with E-state index in [4.69, 9.17) is 0 Å². The predicted octanol–water partition coefficient (Wildman–Crippen LogP) is 3.45. The van der Waals surface area contributed by atoms with Crippen LogP contribution >= 0.6 is 11.3 Å². The normalized spacial score (nSPS) is 14.2. The highest BCUT2D eigenvalue weighted by Gasteiger charge is 2.40. The van der Waals surface area contributed by atoms with Crippen LogP contribution in [0.25, 0.3) is 16.9 Å². The van der Waals surface area contributed by atoms with E-state index in [1.165, 1.54) is 6.20 Å². The molecule has 1 aliphatic carbocycles. The molecule has 0 aromatic carbocycles. The first-order valence-electron chi connectivity index (χ1n) is 8.27. The smallest absolute Gasteiger partial charge is 0.453 e. The van der Waals surface area contributed by atoms with Crippen molar-refractivity contribution >= 4 is 35.1 Å². The predicted molar refractivity (Wildman–Crippen MR) is 94.2 cm³/mol. The van der Waals surface area contributed by atoms with Gasteiger partial charge in [-0.05, 0) is 18.9 Å². The summed E-state index contributed by atoms with van der Waals surface area (Å²) in [4.78, 5) is 27.0. The van der Waals surface area contributed by atoms with Gasteiger partial charge in [0.1, 0.15) is 12.4 Å². The molecule has 1 aliphatic rings. The van der Waals surface area contributed by atoms with Crippen LogP contribution in [0.4, 0.5) is 19.0 Å². The number of halogens is 3. The number of anilines is 1. The molecule has 3 heterocycles. The van der Waals surface area contributed by atoms with Crippen molar-refractivity contribution in [2.24, 2.45) is 0 Å². The van der Waals surface area contributed by atoms with Crippen molar-refractivity contribution in [2.45, 2.75) is 31.7 Å². The Morgan fingerprint density at radius 2 is 2.18 bits per heavy atom. The van der Waals surface area contributed by atoms with Crippen molar-refractivity contribution < 1.29 is 27.5 Å². The molecular formula is C17H13F3N4O3S. The van der Waals surface area contributed by atoms with Crippen molar-refractivity contribution in [2.75, 3.05) is 5.32 Å². The molecule has 146 valence electrons. The zero-order valence-electron chi connectivity index (χ0n) is 14.2. The second-order valence-corrected chi connectivity index (χ2v) is 7.27. The van der Waals surface area contributed by atoms with Gasteiger partial charge in [-0.25, -0.2) is 9.78 Å². The lowest BCUT2D eigenvalue weighted by Gasteiger charge is -2.09. The van der Waals surface area contributed by atoms with Crippen LogP contribution < -0.4 is 5.32 Å². The van der Waals surface area contributed by atoms with E-state index >= 15 is 0 Å². The van der Waals surface area contributed by atoms with E-state index in [2.05, 4.69) is 20.1 Å². The zero-order chi connectivity index (χ0) is 19.9. The molecule has 1 fully saturated rings. The van der Waals surface area contributed by atoms with Gasteiger partial charge in [0.2, 0.25) is 0 Å². The number of carbonyl (C=O) groups is 2. The number of alkyl halides is 3. The minimum absolute atomic E-state index is 0.329.